The van der Waals surface area contributed by atoms with E-state index < -0.39 is 0 Å². The van der Waals surface area contributed by atoms with Gasteiger partial charge >= 0.3 is 0 Å². The van der Waals surface area contributed by atoms with E-state index in [2.05, 4.69) is 9.97 Å². The third-order valence-corrected chi connectivity index (χ3v) is 1.95. The summed E-state index contributed by atoms with van der Waals surface area (Å²) in [6, 6.07) is 8.73. The Kier molecular flexibility index (Phi) is 2.98. The van der Waals surface area contributed by atoms with Gasteiger partial charge in [0, 0.05) is 12.3 Å². The topological polar surface area (TPSA) is 81.3 Å². The van der Waals surface area contributed by atoms with Gasteiger partial charge in [-0.3, -0.25) is 0 Å². The van der Waals surface area contributed by atoms with Crippen LogP contribution >= 0.6 is 0 Å². The molecule has 0 saturated heterocycles. The second-order valence-electron chi connectivity index (χ2n) is 3.16. The van der Waals surface area contributed by atoms with Crippen molar-refractivity contribution in [3.8, 4) is 11.6 Å². The average Bonchev–Trinajstić information content (AvgIpc) is 2.29. The predicted octanol–water partition coefficient (Wildman–Crippen LogP) is 1.34. The number of nitrogens with two attached hydrogens (primary N) is 1. The highest BCUT2D eigenvalue weighted by atomic mass is 16.5. The Morgan fingerprint density at radius 3 is 2.94 bits per heavy atom. The number of ether oxygens (including phenoxy) is 1. The van der Waals surface area contributed by atoms with Gasteiger partial charge in [-0.1, -0.05) is 12.1 Å². The van der Waals surface area contributed by atoms with Crippen LogP contribution in [0.25, 0.3) is 0 Å². The molecular formula is C11H11N3O2. The SMILES string of the molecule is Nc1nccc(Oc2cccc(CO)c2)n1. The van der Waals surface area contributed by atoms with E-state index in [4.69, 9.17) is 15.6 Å². The lowest BCUT2D eigenvalue weighted by Crippen LogP contribution is -1.96. The van der Waals surface area contributed by atoms with Crippen molar-refractivity contribution in [1.82, 2.24) is 9.97 Å². The third-order valence-electron chi connectivity index (χ3n) is 1.95. The molecule has 2 aromatic rings. The van der Waals surface area contributed by atoms with E-state index >= 15 is 0 Å². The van der Waals surface area contributed by atoms with E-state index in [-0.39, 0.29) is 12.6 Å². The monoisotopic (exact) mass is 217 g/mol. The Bertz CT molecular complexity index is 488. The van der Waals surface area contributed by atoms with Crippen molar-refractivity contribution in [3.05, 3.63) is 42.1 Å². The van der Waals surface area contributed by atoms with Crippen LogP contribution in [0.4, 0.5) is 5.95 Å². The first kappa shape index (κ1) is 10.4. The lowest BCUT2D eigenvalue weighted by Gasteiger charge is -2.05. The van der Waals surface area contributed by atoms with E-state index in [0.29, 0.717) is 11.6 Å². The molecule has 0 amide bonds. The summed E-state index contributed by atoms with van der Waals surface area (Å²) < 4.78 is 5.46. The molecule has 5 nitrogen and oxygen atoms in total. The second-order valence-corrected chi connectivity index (χ2v) is 3.16. The van der Waals surface area contributed by atoms with Crippen LogP contribution < -0.4 is 10.5 Å². The van der Waals surface area contributed by atoms with Gasteiger partial charge in [0.25, 0.3) is 0 Å². The number of rotatable bonds is 3. The van der Waals surface area contributed by atoms with Gasteiger partial charge in [-0.25, -0.2) is 4.98 Å². The van der Waals surface area contributed by atoms with Crippen LogP contribution in [0.15, 0.2) is 36.5 Å². The fourth-order valence-electron chi connectivity index (χ4n) is 1.24. The summed E-state index contributed by atoms with van der Waals surface area (Å²) in [6.07, 6.45) is 1.52. The summed E-state index contributed by atoms with van der Waals surface area (Å²) in [6.45, 7) is -0.0247. The maximum absolute atomic E-state index is 8.97. The van der Waals surface area contributed by atoms with E-state index in [0.717, 1.165) is 5.56 Å². The van der Waals surface area contributed by atoms with Gasteiger partial charge in [0.2, 0.25) is 11.8 Å². The molecule has 16 heavy (non-hydrogen) atoms. The van der Waals surface area contributed by atoms with Crippen LogP contribution in [0.1, 0.15) is 5.56 Å². The maximum atomic E-state index is 8.97. The summed E-state index contributed by atoms with van der Waals surface area (Å²) in [4.78, 5) is 7.67. The molecule has 2 rings (SSSR count). The maximum Gasteiger partial charge on any atom is 0.224 e. The molecule has 1 aromatic heterocycles. The standard InChI is InChI=1S/C11H11N3O2/c12-11-13-5-4-10(14-11)16-9-3-1-2-8(6-9)7-15/h1-6,15H,7H2,(H2,12,13,14). The first-order valence-corrected chi connectivity index (χ1v) is 4.74. The van der Waals surface area contributed by atoms with Gasteiger partial charge in [0.15, 0.2) is 0 Å². The Morgan fingerprint density at radius 2 is 2.19 bits per heavy atom. The van der Waals surface area contributed by atoms with Gasteiger partial charge in [-0.2, -0.15) is 4.98 Å². The summed E-state index contributed by atoms with van der Waals surface area (Å²) in [5.74, 6) is 1.14. The normalized spacial score (nSPS) is 10.1. The summed E-state index contributed by atoms with van der Waals surface area (Å²) in [5.41, 5.74) is 6.20. The third kappa shape index (κ3) is 2.46. The highest BCUT2D eigenvalue weighted by molar-refractivity contribution is 5.32. The van der Waals surface area contributed by atoms with Crippen LogP contribution in [-0.2, 0) is 6.61 Å². The molecule has 0 aliphatic rings. The van der Waals surface area contributed by atoms with Crippen LogP contribution in [0.3, 0.4) is 0 Å². The highest BCUT2D eigenvalue weighted by Crippen LogP contribution is 2.20. The van der Waals surface area contributed by atoms with Gasteiger partial charge in [0.1, 0.15) is 5.75 Å². The van der Waals surface area contributed by atoms with Crippen LogP contribution in [0.5, 0.6) is 11.6 Å². The number of nitrogens with zero attached hydrogens (tertiary/aromatic N) is 2. The molecular weight excluding hydrogens is 206 g/mol. The van der Waals surface area contributed by atoms with Crippen LogP contribution in [0, 0.1) is 0 Å². The van der Waals surface area contributed by atoms with E-state index in [1.165, 1.54) is 6.20 Å². The zero-order valence-corrected chi connectivity index (χ0v) is 8.50. The van der Waals surface area contributed by atoms with Crippen molar-refractivity contribution in [2.75, 3.05) is 5.73 Å². The molecule has 0 bridgehead atoms. The Morgan fingerprint density at radius 1 is 1.31 bits per heavy atom. The van der Waals surface area contributed by atoms with Gasteiger partial charge < -0.3 is 15.6 Å². The Hall–Kier alpha value is -2.14. The van der Waals surface area contributed by atoms with Crippen molar-refractivity contribution >= 4 is 5.95 Å². The summed E-state index contributed by atoms with van der Waals surface area (Å²) >= 11 is 0. The van der Waals surface area contributed by atoms with E-state index in [1.807, 2.05) is 0 Å². The summed E-state index contributed by atoms with van der Waals surface area (Å²) in [7, 11) is 0. The number of benzene rings is 1. The lowest BCUT2D eigenvalue weighted by molar-refractivity contribution is 0.281. The van der Waals surface area contributed by atoms with Crippen LogP contribution in [-0.4, -0.2) is 15.1 Å². The zero-order chi connectivity index (χ0) is 11.4. The van der Waals surface area contributed by atoms with Crippen molar-refractivity contribution in [2.24, 2.45) is 0 Å². The number of aromatic nitrogens is 2. The summed E-state index contributed by atoms with van der Waals surface area (Å²) in [5, 5.41) is 8.97. The first-order valence-electron chi connectivity index (χ1n) is 4.74. The molecule has 1 heterocycles. The van der Waals surface area contributed by atoms with Gasteiger partial charge in [-0.15, -0.1) is 0 Å². The molecule has 0 aliphatic heterocycles. The predicted molar refractivity (Wildman–Crippen MR) is 58.9 cm³/mol. The molecule has 0 fully saturated rings. The van der Waals surface area contributed by atoms with Gasteiger partial charge in [-0.05, 0) is 17.7 Å². The minimum atomic E-state index is -0.0247. The van der Waals surface area contributed by atoms with Crippen molar-refractivity contribution < 1.29 is 9.84 Å². The van der Waals surface area contributed by atoms with E-state index in [9.17, 15) is 0 Å². The van der Waals surface area contributed by atoms with E-state index in [1.54, 1.807) is 30.3 Å². The van der Waals surface area contributed by atoms with Gasteiger partial charge in [0.05, 0.1) is 6.61 Å². The number of aliphatic hydroxyl groups excluding tert-OH is 1. The molecule has 0 unspecified atom stereocenters. The average molecular weight is 217 g/mol. The van der Waals surface area contributed by atoms with Crippen molar-refractivity contribution in [1.29, 1.82) is 0 Å². The number of nitrogen functional groups attached to an aromatic ring is 1. The van der Waals surface area contributed by atoms with Crippen molar-refractivity contribution in [2.45, 2.75) is 6.61 Å². The molecule has 5 heteroatoms. The second kappa shape index (κ2) is 4.59. The number of hydrogen-bond acceptors (Lipinski definition) is 5. The largest absolute Gasteiger partial charge is 0.439 e. The minimum absolute atomic E-state index is 0.0247. The quantitative estimate of drug-likeness (QED) is 0.810. The first-order chi connectivity index (χ1) is 7.78. The van der Waals surface area contributed by atoms with Crippen molar-refractivity contribution in [3.63, 3.8) is 0 Å². The zero-order valence-electron chi connectivity index (χ0n) is 8.50. The fourth-order valence-corrected chi connectivity index (χ4v) is 1.24. The Balaban J connectivity index is 2.20. The fraction of sp³-hybridized carbons (Fsp3) is 0.0909. The number of hydrogen-bond donors (Lipinski definition) is 2. The molecule has 0 aliphatic carbocycles. The molecule has 0 saturated carbocycles. The molecule has 0 spiro atoms. The number of anilines is 1. The Labute approximate surface area is 92.5 Å². The molecule has 0 radical (unpaired) electrons. The molecule has 0 atom stereocenters. The minimum Gasteiger partial charge on any atom is -0.439 e. The number of aliphatic hydroxyl groups is 1. The van der Waals surface area contributed by atoms with Crippen LogP contribution in [0.2, 0.25) is 0 Å². The molecule has 1 aromatic carbocycles. The highest BCUT2D eigenvalue weighted by Gasteiger charge is 2.00. The molecule has 3 N–H and O–H groups in total. The smallest absolute Gasteiger partial charge is 0.224 e. The lowest BCUT2D eigenvalue weighted by atomic mass is 10.2. The molecule has 82 valence electrons.